The number of hydrogen-bond donors (Lipinski definition) is 1. The summed E-state index contributed by atoms with van der Waals surface area (Å²) < 4.78 is 4.95. The Morgan fingerprint density at radius 2 is 1.88 bits per heavy atom. The summed E-state index contributed by atoms with van der Waals surface area (Å²) in [6, 6.07) is 9.35. The van der Waals surface area contributed by atoms with Crippen molar-refractivity contribution in [1.82, 2.24) is 4.98 Å². The van der Waals surface area contributed by atoms with Crippen molar-refractivity contribution in [2.24, 2.45) is 0 Å². The topological polar surface area (TPSA) is 85.4 Å². The summed E-state index contributed by atoms with van der Waals surface area (Å²) in [5.41, 5.74) is 1.07. The Labute approximate surface area is 143 Å². The van der Waals surface area contributed by atoms with Gasteiger partial charge in [-0.15, -0.1) is 0 Å². The number of Topliss-reactive ketones (excluding diaryl/α,β-unsaturated/α-hetero) is 1. The minimum absolute atomic E-state index is 0.0194. The van der Waals surface area contributed by atoms with Gasteiger partial charge in [-0.1, -0.05) is 18.5 Å². The minimum Gasteiger partial charge on any atom is -0.454 e. The molecule has 0 spiro atoms. The van der Waals surface area contributed by atoms with E-state index in [1.54, 1.807) is 37.3 Å². The molecule has 6 nitrogen and oxygen atoms in total. The Kier molecular flexibility index (Phi) is 6.03. The highest BCUT2D eigenvalue weighted by Crippen LogP contribution is 2.14. The Balaban J connectivity index is 1.94. The monoisotopic (exact) mass is 346 g/mol. The van der Waals surface area contributed by atoms with Crippen molar-refractivity contribution < 1.29 is 19.1 Å². The van der Waals surface area contributed by atoms with Crippen molar-refractivity contribution >= 4 is 34.9 Å². The third-order valence-electron chi connectivity index (χ3n) is 3.13. The number of anilines is 1. The number of hydrogen-bond acceptors (Lipinski definition) is 5. The second kappa shape index (κ2) is 8.21. The van der Waals surface area contributed by atoms with E-state index in [1.807, 2.05) is 0 Å². The standard InChI is InChI=1S/C17H15ClN2O4/c1-2-15(22)20-12-7-5-11(6-8-12)14(21)10-24-17(23)13-4-3-9-19-16(13)18/h3-9H,2,10H2,1H3,(H,20,22). The van der Waals surface area contributed by atoms with Gasteiger partial charge < -0.3 is 10.1 Å². The van der Waals surface area contributed by atoms with Gasteiger partial charge in [-0.25, -0.2) is 9.78 Å². The molecule has 24 heavy (non-hydrogen) atoms. The van der Waals surface area contributed by atoms with Crippen LogP contribution in [0.1, 0.15) is 34.1 Å². The number of carbonyl (C=O) groups excluding carboxylic acids is 3. The first kappa shape index (κ1) is 17.6. The fourth-order valence-electron chi connectivity index (χ4n) is 1.82. The number of esters is 1. The highest BCUT2D eigenvalue weighted by Gasteiger charge is 2.15. The van der Waals surface area contributed by atoms with E-state index in [0.29, 0.717) is 17.7 Å². The predicted octanol–water partition coefficient (Wildman–Crippen LogP) is 3.12. The number of aromatic nitrogens is 1. The molecule has 124 valence electrons. The highest BCUT2D eigenvalue weighted by molar-refractivity contribution is 6.32. The molecule has 0 atom stereocenters. The summed E-state index contributed by atoms with van der Waals surface area (Å²) in [5, 5.41) is 2.70. The van der Waals surface area contributed by atoms with Crippen molar-refractivity contribution in [2.75, 3.05) is 11.9 Å². The number of ether oxygens (including phenoxy) is 1. The highest BCUT2D eigenvalue weighted by atomic mass is 35.5. The van der Waals surface area contributed by atoms with E-state index in [4.69, 9.17) is 16.3 Å². The summed E-state index contributed by atoms with van der Waals surface area (Å²) in [6.45, 7) is 1.33. The molecule has 2 aromatic rings. The van der Waals surface area contributed by atoms with Gasteiger partial charge in [0.15, 0.2) is 12.4 Å². The van der Waals surface area contributed by atoms with E-state index < -0.39 is 12.6 Å². The number of rotatable bonds is 6. The van der Waals surface area contributed by atoms with Gasteiger partial charge in [-0.05, 0) is 36.4 Å². The smallest absolute Gasteiger partial charge is 0.341 e. The molecule has 1 amide bonds. The summed E-state index contributed by atoms with van der Waals surface area (Å²) in [6.07, 6.45) is 1.82. The number of benzene rings is 1. The Morgan fingerprint density at radius 3 is 2.50 bits per heavy atom. The summed E-state index contributed by atoms with van der Waals surface area (Å²) in [7, 11) is 0. The predicted molar refractivity (Wildman–Crippen MR) is 89.2 cm³/mol. The zero-order valence-corrected chi connectivity index (χ0v) is 13.7. The number of pyridine rings is 1. The van der Waals surface area contributed by atoms with E-state index in [2.05, 4.69) is 10.3 Å². The molecule has 0 unspecified atom stereocenters. The molecule has 0 bridgehead atoms. The van der Waals surface area contributed by atoms with Crippen LogP contribution in [0.4, 0.5) is 5.69 Å². The maximum absolute atomic E-state index is 12.0. The van der Waals surface area contributed by atoms with Gasteiger partial charge in [0, 0.05) is 23.9 Å². The average molecular weight is 347 g/mol. The number of nitrogens with zero attached hydrogens (tertiary/aromatic N) is 1. The van der Waals surface area contributed by atoms with Gasteiger partial charge in [0.25, 0.3) is 0 Å². The summed E-state index contributed by atoms with van der Waals surface area (Å²) in [5.74, 6) is -1.19. The number of nitrogens with one attached hydrogen (secondary N) is 1. The van der Waals surface area contributed by atoms with Crippen molar-refractivity contribution in [2.45, 2.75) is 13.3 Å². The maximum atomic E-state index is 12.0. The van der Waals surface area contributed by atoms with Crippen LogP contribution in [-0.4, -0.2) is 29.3 Å². The zero-order chi connectivity index (χ0) is 17.5. The molecule has 1 heterocycles. The van der Waals surface area contributed by atoms with Crippen LogP contribution in [0, 0.1) is 0 Å². The van der Waals surface area contributed by atoms with Gasteiger partial charge in [-0.3, -0.25) is 9.59 Å². The Bertz CT molecular complexity index is 759. The van der Waals surface area contributed by atoms with E-state index >= 15 is 0 Å². The van der Waals surface area contributed by atoms with Crippen molar-refractivity contribution in [3.63, 3.8) is 0 Å². The minimum atomic E-state index is -0.715. The fraction of sp³-hybridized carbons (Fsp3) is 0.176. The number of halogens is 1. The summed E-state index contributed by atoms with van der Waals surface area (Å²) in [4.78, 5) is 39.0. The van der Waals surface area contributed by atoms with Crippen molar-refractivity contribution in [3.05, 3.63) is 58.9 Å². The second-order valence-electron chi connectivity index (χ2n) is 4.82. The first-order valence-corrected chi connectivity index (χ1v) is 7.59. The average Bonchev–Trinajstić information content (AvgIpc) is 2.60. The van der Waals surface area contributed by atoms with Gasteiger partial charge in [0.05, 0.1) is 5.56 Å². The third kappa shape index (κ3) is 4.63. The third-order valence-corrected chi connectivity index (χ3v) is 3.43. The Hall–Kier alpha value is -2.73. The molecule has 0 aliphatic heterocycles. The molecule has 0 fully saturated rings. The van der Waals surface area contributed by atoms with Gasteiger partial charge in [-0.2, -0.15) is 0 Å². The lowest BCUT2D eigenvalue weighted by Gasteiger charge is -2.07. The van der Waals surface area contributed by atoms with E-state index in [0.717, 1.165) is 0 Å². The Morgan fingerprint density at radius 1 is 1.17 bits per heavy atom. The molecule has 1 aromatic heterocycles. The lowest BCUT2D eigenvalue weighted by molar-refractivity contribution is -0.115. The quantitative estimate of drug-likeness (QED) is 0.493. The number of carbonyl (C=O) groups is 3. The van der Waals surface area contributed by atoms with Gasteiger partial charge in [0.1, 0.15) is 5.15 Å². The molecule has 0 saturated heterocycles. The lowest BCUT2D eigenvalue weighted by Crippen LogP contribution is -2.15. The second-order valence-corrected chi connectivity index (χ2v) is 5.18. The van der Waals surface area contributed by atoms with Crippen LogP contribution in [0.3, 0.4) is 0 Å². The van der Waals surface area contributed by atoms with E-state index in [9.17, 15) is 14.4 Å². The first-order valence-electron chi connectivity index (χ1n) is 7.22. The molecule has 0 saturated carbocycles. The summed E-state index contributed by atoms with van der Waals surface area (Å²) >= 11 is 5.79. The van der Waals surface area contributed by atoms with Crippen LogP contribution in [0.5, 0.6) is 0 Å². The van der Waals surface area contributed by atoms with Crippen LogP contribution >= 0.6 is 11.6 Å². The van der Waals surface area contributed by atoms with Gasteiger partial charge >= 0.3 is 5.97 Å². The molecule has 0 aliphatic carbocycles. The molecule has 0 radical (unpaired) electrons. The SMILES string of the molecule is CCC(=O)Nc1ccc(C(=O)COC(=O)c2cccnc2Cl)cc1. The van der Waals surface area contributed by atoms with Gasteiger partial charge in [0.2, 0.25) is 5.91 Å². The van der Waals surface area contributed by atoms with Crippen LogP contribution in [0.15, 0.2) is 42.6 Å². The number of ketones is 1. The lowest BCUT2D eigenvalue weighted by atomic mass is 10.1. The van der Waals surface area contributed by atoms with Crippen LogP contribution in [0.2, 0.25) is 5.15 Å². The van der Waals surface area contributed by atoms with Crippen molar-refractivity contribution in [1.29, 1.82) is 0 Å². The normalized spacial score (nSPS) is 10.1. The first-order chi connectivity index (χ1) is 11.5. The maximum Gasteiger partial charge on any atom is 0.341 e. The van der Waals surface area contributed by atoms with Crippen LogP contribution < -0.4 is 5.32 Å². The fourth-order valence-corrected chi connectivity index (χ4v) is 2.02. The van der Waals surface area contributed by atoms with E-state index in [1.165, 1.54) is 12.3 Å². The molecular formula is C17H15ClN2O4. The van der Waals surface area contributed by atoms with Crippen LogP contribution in [-0.2, 0) is 9.53 Å². The molecule has 1 aromatic carbocycles. The molecule has 1 N–H and O–H groups in total. The number of amides is 1. The molecule has 7 heteroatoms. The molecule has 0 aliphatic rings. The zero-order valence-electron chi connectivity index (χ0n) is 12.9. The van der Waals surface area contributed by atoms with Crippen molar-refractivity contribution in [3.8, 4) is 0 Å². The molecule has 2 rings (SSSR count). The van der Waals surface area contributed by atoms with Crippen LogP contribution in [0.25, 0.3) is 0 Å². The molecular weight excluding hydrogens is 332 g/mol. The largest absolute Gasteiger partial charge is 0.454 e. The van der Waals surface area contributed by atoms with E-state index in [-0.39, 0.29) is 22.4 Å².